The Hall–Kier alpha value is -1.46. The van der Waals surface area contributed by atoms with E-state index >= 15 is 0 Å². The van der Waals surface area contributed by atoms with Crippen molar-refractivity contribution in [1.29, 1.82) is 0 Å². The van der Waals surface area contributed by atoms with Gasteiger partial charge in [0.15, 0.2) is 0 Å². The van der Waals surface area contributed by atoms with Crippen molar-refractivity contribution in [3.05, 3.63) is 45.7 Å². The molecule has 1 aromatic carbocycles. The highest BCUT2D eigenvalue weighted by atomic mass is 32.1. The van der Waals surface area contributed by atoms with Crippen molar-refractivity contribution in [3.8, 4) is 5.75 Å². The van der Waals surface area contributed by atoms with Crippen LogP contribution in [0.25, 0.3) is 0 Å². The standard InChI is InChI=1S/C14H17FN2OS/c1-3-14-17-11(8-19-14)7-18-13-6-10(15)4-5-12(13)9(2)16/h4-6,8-9H,3,7,16H2,1-2H3/t9-/m1/s1. The SMILES string of the molecule is CCc1nc(COc2cc(F)ccc2[C@@H](C)N)cs1. The molecule has 5 heteroatoms. The third-order valence-corrected chi connectivity index (χ3v) is 3.79. The van der Waals surface area contributed by atoms with E-state index in [0.29, 0.717) is 12.4 Å². The van der Waals surface area contributed by atoms with Gasteiger partial charge in [0.05, 0.1) is 10.7 Å². The lowest BCUT2D eigenvalue weighted by Crippen LogP contribution is -2.08. The Kier molecular flexibility index (Phi) is 4.50. The van der Waals surface area contributed by atoms with E-state index < -0.39 is 0 Å². The van der Waals surface area contributed by atoms with Crippen molar-refractivity contribution < 1.29 is 9.13 Å². The molecule has 19 heavy (non-hydrogen) atoms. The van der Waals surface area contributed by atoms with Crippen molar-refractivity contribution in [2.45, 2.75) is 32.9 Å². The van der Waals surface area contributed by atoms with Crippen molar-refractivity contribution in [3.63, 3.8) is 0 Å². The zero-order valence-electron chi connectivity index (χ0n) is 11.0. The monoisotopic (exact) mass is 280 g/mol. The third-order valence-electron chi connectivity index (χ3n) is 2.74. The molecular formula is C14H17FN2OS. The van der Waals surface area contributed by atoms with Crippen LogP contribution in [0.1, 0.15) is 36.2 Å². The van der Waals surface area contributed by atoms with Crippen LogP contribution in [0.2, 0.25) is 0 Å². The Bertz CT molecular complexity index is 554. The predicted octanol–water partition coefficient (Wildman–Crippen LogP) is 3.44. The average Bonchev–Trinajstić information content (AvgIpc) is 2.84. The maximum absolute atomic E-state index is 13.3. The fraction of sp³-hybridized carbons (Fsp3) is 0.357. The minimum Gasteiger partial charge on any atom is -0.487 e. The second-order valence-corrected chi connectivity index (χ2v) is 5.29. The topological polar surface area (TPSA) is 48.1 Å². The number of aryl methyl sites for hydroxylation is 1. The summed E-state index contributed by atoms with van der Waals surface area (Å²) in [6.07, 6.45) is 0.912. The number of hydrogen-bond acceptors (Lipinski definition) is 4. The van der Waals surface area contributed by atoms with E-state index in [-0.39, 0.29) is 11.9 Å². The lowest BCUT2D eigenvalue weighted by molar-refractivity contribution is 0.295. The molecule has 0 fully saturated rings. The molecule has 2 N–H and O–H groups in total. The van der Waals surface area contributed by atoms with Crippen molar-refractivity contribution in [2.75, 3.05) is 0 Å². The van der Waals surface area contributed by atoms with E-state index in [9.17, 15) is 4.39 Å². The quantitative estimate of drug-likeness (QED) is 0.912. The minimum absolute atomic E-state index is 0.197. The molecule has 0 aliphatic rings. The molecule has 2 aromatic rings. The highest BCUT2D eigenvalue weighted by molar-refractivity contribution is 7.09. The summed E-state index contributed by atoms with van der Waals surface area (Å²) in [4.78, 5) is 4.41. The number of halogens is 1. The van der Waals surface area contributed by atoms with Gasteiger partial charge in [0.2, 0.25) is 0 Å². The molecule has 0 saturated heterocycles. The Morgan fingerprint density at radius 1 is 1.47 bits per heavy atom. The van der Waals surface area contributed by atoms with Crippen molar-refractivity contribution in [2.24, 2.45) is 5.73 Å². The number of benzene rings is 1. The van der Waals surface area contributed by atoms with Crippen LogP contribution in [0.4, 0.5) is 4.39 Å². The van der Waals surface area contributed by atoms with Crippen LogP contribution in [0.3, 0.4) is 0 Å². The fourth-order valence-electron chi connectivity index (χ4n) is 1.74. The van der Waals surface area contributed by atoms with Crippen LogP contribution in [-0.2, 0) is 13.0 Å². The molecule has 1 aromatic heterocycles. The molecule has 0 amide bonds. The summed E-state index contributed by atoms with van der Waals surface area (Å²) in [6, 6.07) is 4.22. The first-order valence-corrected chi connectivity index (χ1v) is 7.09. The van der Waals surface area contributed by atoms with E-state index in [4.69, 9.17) is 10.5 Å². The molecule has 2 rings (SSSR count). The Morgan fingerprint density at radius 2 is 2.26 bits per heavy atom. The first-order chi connectivity index (χ1) is 9.10. The van der Waals surface area contributed by atoms with E-state index in [1.54, 1.807) is 17.4 Å². The second kappa shape index (κ2) is 6.12. The first kappa shape index (κ1) is 14.0. The van der Waals surface area contributed by atoms with Gasteiger partial charge >= 0.3 is 0 Å². The lowest BCUT2D eigenvalue weighted by Gasteiger charge is -2.13. The van der Waals surface area contributed by atoms with Crippen LogP contribution in [0, 0.1) is 5.82 Å². The molecule has 0 saturated carbocycles. The van der Waals surface area contributed by atoms with E-state index in [0.717, 1.165) is 22.7 Å². The molecule has 0 bridgehead atoms. The molecule has 0 aliphatic carbocycles. The minimum atomic E-state index is -0.327. The molecule has 102 valence electrons. The van der Waals surface area contributed by atoms with E-state index in [1.165, 1.54) is 12.1 Å². The normalized spacial score (nSPS) is 12.4. The van der Waals surface area contributed by atoms with Gasteiger partial charge in [-0.3, -0.25) is 0 Å². The Balaban J connectivity index is 2.12. The summed E-state index contributed by atoms with van der Waals surface area (Å²) in [7, 11) is 0. The molecule has 1 heterocycles. The molecule has 0 radical (unpaired) electrons. The number of ether oxygens (including phenoxy) is 1. The molecular weight excluding hydrogens is 263 g/mol. The average molecular weight is 280 g/mol. The zero-order valence-corrected chi connectivity index (χ0v) is 11.8. The van der Waals surface area contributed by atoms with Gasteiger partial charge in [0.25, 0.3) is 0 Å². The summed E-state index contributed by atoms with van der Waals surface area (Å²) in [6.45, 7) is 4.24. The van der Waals surface area contributed by atoms with E-state index in [2.05, 4.69) is 11.9 Å². The van der Waals surface area contributed by atoms with Crippen LogP contribution >= 0.6 is 11.3 Å². The van der Waals surface area contributed by atoms with Gasteiger partial charge in [-0.15, -0.1) is 11.3 Å². The number of nitrogens with two attached hydrogens (primary N) is 1. The zero-order chi connectivity index (χ0) is 13.8. The second-order valence-electron chi connectivity index (χ2n) is 4.35. The fourth-order valence-corrected chi connectivity index (χ4v) is 2.47. The van der Waals surface area contributed by atoms with Crippen molar-refractivity contribution in [1.82, 2.24) is 4.98 Å². The van der Waals surface area contributed by atoms with Crippen LogP contribution in [0.5, 0.6) is 5.75 Å². The van der Waals surface area contributed by atoms with Crippen LogP contribution < -0.4 is 10.5 Å². The highest BCUT2D eigenvalue weighted by Crippen LogP contribution is 2.25. The maximum Gasteiger partial charge on any atom is 0.131 e. The van der Waals surface area contributed by atoms with Gasteiger partial charge in [-0.05, 0) is 19.4 Å². The van der Waals surface area contributed by atoms with Crippen LogP contribution in [0.15, 0.2) is 23.6 Å². The van der Waals surface area contributed by atoms with Gasteiger partial charge in [-0.25, -0.2) is 9.37 Å². The number of rotatable bonds is 5. The van der Waals surface area contributed by atoms with Gasteiger partial charge < -0.3 is 10.5 Å². The summed E-state index contributed by atoms with van der Waals surface area (Å²) in [5.41, 5.74) is 7.50. The summed E-state index contributed by atoms with van der Waals surface area (Å²) >= 11 is 1.61. The van der Waals surface area contributed by atoms with Gasteiger partial charge in [0, 0.05) is 23.1 Å². The van der Waals surface area contributed by atoms with Gasteiger partial charge in [-0.2, -0.15) is 0 Å². The number of aromatic nitrogens is 1. The Morgan fingerprint density at radius 3 is 2.89 bits per heavy atom. The summed E-state index contributed by atoms with van der Waals surface area (Å²) in [5, 5.41) is 3.04. The highest BCUT2D eigenvalue weighted by Gasteiger charge is 2.10. The lowest BCUT2D eigenvalue weighted by atomic mass is 10.1. The molecule has 1 atom stereocenters. The summed E-state index contributed by atoms with van der Waals surface area (Å²) < 4.78 is 18.9. The smallest absolute Gasteiger partial charge is 0.131 e. The summed E-state index contributed by atoms with van der Waals surface area (Å²) in [5.74, 6) is 0.160. The Labute approximate surface area is 116 Å². The molecule has 0 spiro atoms. The third kappa shape index (κ3) is 3.52. The van der Waals surface area contributed by atoms with Crippen LogP contribution in [-0.4, -0.2) is 4.98 Å². The maximum atomic E-state index is 13.3. The van der Waals surface area contributed by atoms with E-state index in [1.807, 2.05) is 12.3 Å². The van der Waals surface area contributed by atoms with Crippen molar-refractivity contribution >= 4 is 11.3 Å². The van der Waals surface area contributed by atoms with Gasteiger partial charge in [-0.1, -0.05) is 13.0 Å². The molecule has 0 unspecified atom stereocenters. The molecule has 3 nitrogen and oxygen atoms in total. The predicted molar refractivity (Wildman–Crippen MR) is 74.8 cm³/mol. The number of nitrogens with zero attached hydrogens (tertiary/aromatic N) is 1. The largest absolute Gasteiger partial charge is 0.487 e. The van der Waals surface area contributed by atoms with Gasteiger partial charge in [0.1, 0.15) is 18.2 Å². The number of hydrogen-bond donors (Lipinski definition) is 1. The molecule has 0 aliphatic heterocycles. The number of thiazole rings is 1. The first-order valence-electron chi connectivity index (χ1n) is 6.21.